The summed E-state index contributed by atoms with van der Waals surface area (Å²) in [7, 11) is 0. The van der Waals surface area contributed by atoms with E-state index in [-0.39, 0.29) is 0 Å². The Bertz CT molecular complexity index is 631. The highest BCUT2D eigenvalue weighted by atomic mass is 79.9. The molecular weight excluding hydrogens is 418 g/mol. The highest BCUT2D eigenvalue weighted by Gasteiger charge is 2.59. The number of carbonyl (C=O) groups excluding carboxylic acids is 4. The van der Waals surface area contributed by atoms with Crippen molar-refractivity contribution in [2.24, 2.45) is 0 Å². The first-order valence-corrected chi connectivity index (χ1v) is 8.22. The van der Waals surface area contributed by atoms with Crippen LogP contribution in [0.3, 0.4) is 0 Å². The molecule has 1 rings (SSSR count). The minimum absolute atomic E-state index is 0.396. The van der Waals surface area contributed by atoms with Gasteiger partial charge in [0, 0.05) is 27.7 Å². The van der Waals surface area contributed by atoms with E-state index in [9.17, 15) is 24.4 Å². The maximum atomic E-state index is 11.5. The molecule has 1 fully saturated rings. The van der Waals surface area contributed by atoms with Crippen LogP contribution in [0.2, 0.25) is 0 Å². The van der Waals surface area contributed by atoms with E-state index >= 15 is 0 Å². The zero-order valence-corrected chi connectivity index (χ0v) is 16.1. The normalized spacial score (nSPS) is 30.5. The average molecular weight is 436 g/mol. The topological polar surface area (TPSA) is 138 Å². The van der Waals surface area contributed by atoms with Crippen molar-refractivity contribution in [3.8, 4) is 6.07 Å². The summed E-state index contributed by atoms with van der Waals surface area (Å²) in [5, 5.41) is 9.48. The SMILES string of the molecule is CC(=O)OCC1O[C@@](Br)(C#N)C(OC(C)=O)C(OC(C)=O)C1OC(C)=O. The van der Waals surface area contributed by atoms with Crippen molar-refractivity contribution >= 4 is 39.8 Å². The maximum absolute atomic E-state index is 11.5. The molecule has 0 saturated carbocycles. The number of hydrogen-bond donors (Lipinski definition) is 0. The van der Waals surface area contributed by atoms with E-state index in [0.717, 1.165) is 27.7 Å². The minimum Gasteiger partial charge on any atom is -0.463 e. The van der Waals surface area contributed by atoms with Crippen LogP contribution in [0, 0.1) is 11.3 Å². The lowest BCUT2D eigenvalue weighted by molar-refractivity contribution is -0.249. The van der Waals surface area contributed by atoms with Crippen molar-refractivity contribution in [3.63, 3.8) is 0 Å². The van der Waals surface area contributed by atoms with E-state index < -0.39 is 59.4 Å². The molecule has 0 N–H and O–H groups in total. The Hall–Kier alpha value is -2.19. The summed E-state index contributed by atoms with van der Waals surface area (Å²) in [4.78, 5) is 45.5. The Morgan fingerprint density at radius 2 is 1.46 bits per heavy atom. The van der Waals surface area contributed by atoms with E-state index in [1.54, 1.807) is 6.07 Å². The smallest absolute Gasteiger partial charge is 0.303 e. The Morgan fingerprint density at radius 1 is 0.962 bits per heavy atom. The van der Waals surface area contributed by atoms with Crippen LogP contribution in [0.15, 0.2) is 0 Å². The standard InChI is InChI=1S/C15H18BrNO9/c1-7(18)22-5-11-12(23-8(2)19)13(24-9(3)20)14(25-10(4)21)15(16,6-17)26-11/h11-14H,5H2,1-4H3/t11?,12?,13?,14?,15-/m0/s1. The molecule has 0 aromatic rings. The van der Waals surface area contributed by atoms with Gasteiger partial charge in [0.05, 0.1) is 0 Å². The van der Waals surface area contributed by atoms with Gasteiger partial charge < -0.3 is 23.7 Å². The molecule has 26 heavy (non-hydrogen) atoms. The average Bonchev–Trinajstić information content (AvgIpc) is 2.50. The monoisotopic (exact) mass is 435 g/mol. The fourth-order valence-electron chi connectivity index (χ4n) is 2.34. The van der Waals surface area contributed by atoms with Gasteiger partial charge in [-0.3, -0.25) is 19.2 Å². The molecule has 0 aromatic carbocycles. The van der Waals surface area contributed by atoms with Gasteiger partial charge in [0.25, 0.3) is 4.51 Å². The number of halogens is 1. The van der Waals surface area contributed by atoms with Crippen LogP contribution in [-0.4, -0.2) is 59.4 Å². The molecule has 1 aliphatic rings. The van der Waals surface area contributed by atoms with Crippen LogP contribution in [0.25, 0.3) is 0 Å². The molecule has 144 valence electrons. The van der Waals surface area contributed by atoms with Crippen LogP contribution in [-0.2, 0) is 42.9 Å². The lowest BCUT2D eigenvalue weighted by atomic mass is 9.94. The Kier molecular flexibility index (Phi) is 7.53. The lowest BCUT2D eigenvalue weighted by Gasteiger charge is -2.45. The van der Waals surface area contributed by atoms with Crippen LogP contribution in [0.1, 0.15) is 27.7 Å². The van der Waals surface area contributed by atoms with Crippen molar-refractivity contribution in [2.45, 2.75) is 56.6 Å². The molecule has 1 heterocycles. The summed E-state index contributed by atoms with van der Waals surface area (Å²) in [6, 6.07) is 1.78. The Balaban J connectivity index is 3.35. The molecule has 11 heteroatoms. The summed E-state index contributed by atoms with van der Waals surface area (Å²) >= 11 is 3.03. The molecule has 0 radical (unpaired) electrons. The summed E-state index contributed by atoms with van der Waals surface area (Å²) in [6.07, 6.45) is -5.29. The van der Waals surface area contributed by atoms with E-state index in [1.807, 2.05) is 0 Å². The summed E-state index contributed by atoms with van der Waals surface area (Å²) < 4.78 is 23.9. The summed E-state index contributed by atoms with van der Waals surface area (Å²) in [5.74, 6) is -2.94. The van der Waals surface area contributed by atoms with Crippen molar-refractivity contribution < 1.29 is 42.9 Å². The molecule has 10 nitrogen and oxygen atoms in total. The Labute approximate surface area is 157 Å². The highest BCUT2D eigenvalue weighted by Crippen LogP contribution is 2.39. The van der Waals surface area contributed by atoms with Gasteiger partial charge in [-0.25, -0.2) is 0 Å². The first kappa shape index (κ1) is 21.9. The molecule has 0 amide bonds. The van der Waals surface area contributed by atoms with Gasteiger partial charge in [-0.15, -0.1) is 0 Å². The van der Waals surface area contributed by atoms with E-state index in [0.29, 0.717) is 0 Å². The van der Waals surface area contributed by atoms with Crippen molar-refractivity contribution in [3.05, 3.63) is 0 Å². The highest BCUT2D eigenvalue weighted by molar-refractivity contribution is 9.10. The predicted molar refractivity (Wildman–Crippen MR) is 85.4 cm³/mol. The first-order chi connectivity index (χ1) is 12.0. The minimum atomic E-state index is -1.93. The zero-order valence-electron chi connectivity index (χ0n) is 14.5. The molecular formula is C15H18BrNO9. The molecule has 0 aromatic heterocycles. The number of nitrogens with zero attached hydrogens (tertiary/aromatic N) is 1. The van der Waals surface area contributed by atoms with Gasteiger partial charge >= 0.3 is 23.9 Å². The number of esters is 4. The molecule has 4 unspecified atom stereocenters. The quantitative estimate of drug-likeness (QED) is 0.337. The van der Waals surface area contributed by atoms with Crippen LogP contribution < -0.4 is 0 Å². The fraction of sp³-hybridized carbons (Fsp3) is 0.667. The maximum Gasteiger partial charge on any atom is 0.303 e. The summed E-state index contributed by atoms with van der Waals surface area (Å²) in [6.45, 7) is 4.04. The van der Waals surface area contributed by atoms with Gasteiger partial charge in [0.1, 0.15) is 18.8 Å². The van der Waals surface area contributed by atoms with E-state index in [4.69, 9.17) is 23.7 Å². The lowest BCUT2D eigenvalue weighted by Crippen LogP contribution is -2.65. The third-order valence-electron chi connectivity index (χ3n) is 3.18. The van der Waals surface area contributed by atoms with Crippen LogP contribution in [0.4, 0.5) is 0 Å². The van der Waals surface area contributed by atoms with Crippen molar-refractivity contribution in [1.29, 1.82) is 5.26 Å². The number of ether oxygens (including phenoxy) is 5. The van der Waals surface area contributed by atoms with Gasteiger partial charge in [0.15, 0.2) is 18.3 Å². The molecule has 5 atom stereocenters. The van der Waals surface area contributed by atoms with Gasteiger partial charge in [-0.2, -0.15) is 5.26 Å². The Morgan fingerprint density at radius 3 is 1.88 bits per heavy atom. The van der Waals surface area contributed by atoms with Crippen LogP contribution >= 0.6 is 15.9 Å². The first-order valence-electron chi connectivity index (χ1n) is 7.43. The van der Waals surface area contributed by atoms with E-state index in [1.165, 1.54) is 0 Å². The zero-order chi connectivity index (χ0) is 20.1. The number of hydrogen-bond acceptors (Lipinski definition) is 10. The molecule has 0 bridgehead atoms. The number of alkyl halides is 1. The van der Waals surface area contributed by atoms with Gasteiger partial charge in [0.2, 0.25) is 0 Å². The van der Waals surface area contributed by atoms with Crippen molar-refractivity contribution in [1.82, 2.24) is 0 Å². The third kappa shape index (κ3) is 5.67. The second-order valence-corrected chi connectivity index (χ2v) is 6.57. The molecule has 0 spiro atoms. The second kappa shape index (κ2) is 8.95. The third-order valence-corrected chi connectivity index (χ3v) is 3.99. The number of carbonyl (C=O) groups is 4. The van der Waals surface area contributed by atoms with Crippen molar-refractivity contribution in [2.75, 3.05) is 6.61 Å². The number of nitriles is 1. The largest absolute Gasteiger partial charge is 0.463 e. The van der Waals surface area contributed by atoms with Crippen LogP contribution in [0.5, 0.6) is 0 Å². The predicted octanol–water partition coefficient (Wildman–Crippen LogP) is 0.358. The van der Waals surface area contributed by atoms with E-state index in [2.05, 4.69) is 15.9 Å². The van der Waals surface area contributed by atoms with Gasteiger partial charge in [-0.05, 0) is 15.9 Å². The fourth-order valence-corrected chi connectivity index (χ4v) is 2.94. The second-order valence-electron chi connectivity index (χ2n) is 5.39. The number of rotatable bonds is 5. The molecule has 1 saturated heterocycles. The molecule has 1 aliphatic heterocycles. The summed E-state index contributed by atoms with van der Waals surface area (Å²) in [5.41, 5.74) is 0. The van der Waals surface area contributed by atoms with Gasteiger partial charge in [-0.1, -0.05) is 0 Å². The molecule has 0 aliphatic carbocycles.